The van der Waals surface area contributed by atoms with Gasteiger partial charge in [-0.05, 0) is 61.8 Å². The molecule has 0 unspecified atom stereocenters. The van der Waals surface area contributed by atoms with E-state index < -0.39 is 0 Å². The Hall–Kier alpha value is -1.59. The lowest BCUT2D eigenvalue weighted by molar-refractivity contribution is -0.124. The van der Waals surface area contributed by atoms with Crippen molar-refractivity contribution in [3.8, 4) is 0 Å². The number of carbonyl (C=O) groups excluding carboxylic acids is 2. The summed E-state index contributed by atoms with van der Waals surface area (Å²) in [5.41, 5.74) is 2.09. The Morgan fingerprint density at radius 2 is 1.86 bits per heavy atom. The van der Waals surface area contributed by atoms with Crippen molar-refractivity contribution < 1.29 is 9.59 Å². The van der Waals surface area contributed by atoms with Crippen molar-refractivity contribution >= 4 is 29.0 Å². The van der Waals surface area contributed by atoms with Crippen LogP contribution in [-0.2, 0) is 4.79 Å². The quantitative estimate of drug-likeness (QED) is 0.801. The van der Waals surface area contributed by atoms with Crippen LogP contribution < -0.4 is 0 Å². The third-order valence-electron chi connectivity index (χ3n) is 4.14. The molecule has 1 aromatic carbocycles. The van der Waals surface area contributed by atoms with Crippen molar-refractivity contribution in [1.82, 2.24) is 9.80 Å². The third kappa shape index (κ3) is 3.25. The second-order valence-electron chi connectivity index (χ2n) is 5.79. The number of imide groups is 1. The summed E-state index contributed by atoms with van der Waals surface area (Å²) in [6, 6.07) is 7.88. The highest BCUT2D eigenvalue weighted by Crippen LogP contribution is 2.33. The second-order valence-corrected chi connectivity index (χ2v) is 6.78. The first-order valence-electron chi connectivity index (χ1n) is 7.68. The fraction of sp³-hybridized carbons (Fsp3) is 0.412. The number of thioether (sulfide) groups is 1. The minimum atomic E-state index is -0.163. The fourth-order valence-corrected chi connectivity index (χ4v) is 3.64. The lowest BCUT2D eigenvalue weighted by Gasteiger charge is -2.29. The zero-order valence-electron chi connectivity index (χ0n) is 12.7. The summed E-state index contributed by atoms with van der Waals surface area (Å²) in [5, 5.41) is -0.157. The Morgan fingerprint density at radius 3 is 2.59 bits per heavy atom. The van der Waals surface area contributed by atoms with Crippen LogP contribution in [-0.4, -0.2) is 40.7 Å². The maximum absolute atomic E-state index is 12.5. The molecule has 2 heterocycles. The molecule has 0 atom stereocenters. The van der Waals surface area contributed by atoms with Gasteiger partial charge in [-0.25, -0.2) is 0 Å². The molecule has 0 N–H and O–H groups in total. The van der Waals surface area contributed by atoms with Crippen LogP contribution in [0.1, 0.15) is 30.4 Å². The number of nitrogens with zero attached hydrogens (tertiary/aromatic N) is 2. The number of amides is 2. The Morgan fingerprint density at radius 1 is 1.14 bits per heavy atom. The fourth-order valence-electron chi connectivity index (χ4n) is 2.81. The third-order valence-corrected chi connectivity index (χ3v) is 5.05. The number of hydrogen-bond donors (Lipinski definition) is 0. The van der Waals surface area contributed by atoms with Crippen LogP contribution in [0.3, 0.4) is 0 Å². The molecule has 2 saturated heterocycles. The number of aryl methyl sites for hydroxylation is 1. The van der Waals surface area contributed by atoms with Gasteiger partial charge < -0.3 is 0 Å². The van der Waals surface area contributed by atoms with Gasteiger partial charge in [0, 0.05) is 0 Å². The maximum atomic E-state index is 12.5. The molecule has 0 spiro atoms. The minimum Gasteiger partial charge on any atom is -0.286 e. The average Bonchev–Trinajstić information content (AvgIpc) is 2.78. The van der Waals surface area contributed by atoms with E-state index in [0.717, 1.165) is 48.8 Å². The molecule has 116 valence electrons. The molecule has 2 fully saturated rings. The lowest BCUT2D eigenvalue weighted by atomic mass is 10.1. The Labute approximate surface area is 135 Å². The number of likely N-dealkylation sites (tertiary alicyclic amines) is 1. The summed E-state index contributed by atoms with van der Waals surface area (Å²) in [7, 11) is 0. The van der Waals surface area contributed by atoms with Crippen molar-refractivity contribution in [3.63, 3.8) is 0 Å². The van der Waals surface area contributed by atoms with Crippen LogP contribution in [0.25, 0.3) is 6.08 Å². The molecule has 3 rings (SSSR count). The normalized spacial score (nSPS) is 21.9. The van der Waals surface area contributed by atoms with E-state index >= 15 is 0 Å². The monoisotopic (exact) mass is 316 g/mol. The molecular formula is C17H20N2O2S. The molecule has 0 radical (unpaired) electrons. The number of piperidine rings is 1. The van der Waals surface area contributed by atoms with Crippen LogP contribution in [0.5, 0.6) is 0 Å². The topological polar surface area (TPSA) is 40.6 Å². The van der Waals surface area contributed by atoms with E-state index in [9.17, 15) is 9.59 Å². The number of benzene rings is 1. The summed E-state index contributed by atoms with van der Waals surface area (Å²) in [5.74, 6) is -0.163. The molecule has 0 aromatic heterocycles. The Bertz CT molecular complexity index is 621. The van der Waals surface area contributed by atoms with E-state index in [2.05, 4.69) is 4.90 Å². The van der Waals surface area contributed by atoms with E-state index in [1.165, 1.54) is 11.3 Å². The summed E-state index contributed by atoms with van der Waals surface area (Å²) in [4.78, 5) is 28.7. The lowest BCUT2D eigenvalue weighted by Crippen LogP contribution is -2.42. The van der Waals surface area contributed by atoms with Gasteiger partial charge in [0.1, 0.15) is 0 Å². The van der Waals surface area contributed by atoms with Gasteiger partial charge in [-0.1, -0.05) is 30.7 Å². The largest absolute Gasteiger partial charge is 0.294 e. The highest BCUT2D eigenvalue weighted by molar-refractivity contribution is 8.18. The minimum absolute atomic E-state index is 0.157. The summed E-state index contributed by atoms with van der Waals surface area (Å²) < 4.78 is 0. The standard InChI is InChI=1S/C17H20N2O2S/c1-13-7-3-4-8-14(13)11-15-16(20)19(17(21)22-15)12-18-9-5-2-6-10-18/h3-4,7-8,11H,2,5-6,9-10,12H2,1H3/b15-11+. The smallest absolute Gasteiger partial charge is 0.286 e. The van der Waals surface area contributed by atoms with Gasteiger partial charge >= 0.3 is 0 Å². The highest BCUT2D eigenvalue weighted by Gasteiger charge is 2.36. The molecule has 2 aliphatic heterocycles. The van der Waals surface area contributed by atoms with Crippen LogP contribution in [0.4, 0.5) is 4.79 Å². The maximum Gasteiger partial charge on any atom is 0.294 e. The SMILES string of the molecule is Cc1ccccc1/C=C1/SC(=O)N(CN2CCCCC2)C1=O. The molecule has 0 aliphatic carbocycles. The Kier molecular flexibility index (Phi) is 4.64. The molecule has 22 heavy (non-hydrogen) atoms. The second kappa shape index (κ2) is 6.67. The highest BCUT2D eigenvalue weighted by atomic mass is 32.2. The van der Waals surface area contributed by atoms with E-state index in [1.807, 2.05) is 37.3 Å². The number of carbonyl (C=O) groups is 2. The molecule has 4 nitrogen and oxygen atoms in total. The van der Waals surface area contributed by atoms with Crippen molar-refractivity contribution in [2.45, 2.75) is 26.2 Å². The van der Waals surface area contributed by atoms with Gasteiger partial charge in [0.2, 0.25) is 0 Å². The number of hydrogen-bond acceptors (Lipinski definition) is 4. The first-order chi connectivity index (χ1) is 10.6. The predicted octanol–water partition coefficient (Wildman–Crippen LogP) is 3.47. The van der Waals surface area contributed by atoms with Crippen LogP contribution in [0.15, 0.2) is 29.2 Å². The molecule has 0 bridgehead atoms. The van der Waals surface area contributed by atoms with Crippen molar-refractivity contribution in [1.29, 1.82) is 0 Å². The van der Waals surface area contributed by atoms with Crippen molar-refractivity contribution in [2.75, 3.05) is 19.8 Å². The van der Waals surface area contributed by atoms with Crippen molar-refractivity contribution in [3.05, 3.63) is 40.3 Å². The molecule has 5 heteroatoms. The van der Waals surface area contributed by atoms with Crippen LogP contribution in [0, 0.1) is 6.92 Å². The molecule has 0 saturated carbocycles. The first kappa shape index (κ1) is 15.3. The van der Waals surface area contributed by atoms with Gasteiger partial charge in [-0.2, -0.15) is 0 Å². The van der Waals surface area contributed by atoms with Crippen LogP contribution >= 0.6 is 11.8 Å². The molecule has 2 aliphatic rings. The first-order valence-corrected chi connectivity index (χ1v) is 8.50. The zero-order chi connectivity index (χ0) is 15.5. The summed E-state index contributed by atoms with van der Waals surface area (Å²) in [6.45, 7) is 4.37. The van der Waals surface area contributed by atoms with E-state index in [1.54, 1.807) is 0 Å². The van der Waals surface area contributed by atoms with Gasteiger partial charge in [0.25, 0.3) is 11.1 Å². The molecular weight excluding hydrogens is 296 g/mol. The number of rotatable bonds is 3. The Balaban J connectivity index is 1.75. The molecule has 1 aromatic rings. The average molecular weight is 316 g/mol. The van der Waals surface area contributed by atoms with Gasteiger partial charge in [0.15, 0.2) is 0 Å². The summed E-state index contributed by atoms with van der Waals surface area (Å²) >= 11 is 1.05. The zero-order valence-corrected chi connectivity index (χ0v) is 13.6. The van der Waals surface area contributed by atoms with E-state index in [-0.39, 0.29) is 11.1 Å². The molecule has 2 amide bonds. The van der Waals surface area contributed by atoms with Crippen LogP contribution in [0.2, 0.25) is 0 Å². The van der Waals surface area contributed by atoms with E-state index in [0.29, 0.717) is 11.6 Å². The predicted molar refractivity (Wildman–Crippen MR) is 89.3 cm³/mol. The van der Waals surface area contributed by atoms with Gasteiger partial charge in [0.05, 0.1) is 11.6 Å². The van der Waals surface area contributed by atoms with Gasteiger partial charge in [-0.15, -0.1) is 0 Å². The van der Waals surface area contributed by atoms with E-state index in [4.69, 9.17) is 0 Å². The van der Waals surface area contributed by atoms with Crippen molar-refractivity contribution in [2.24, 2.45) is 0 Å². The van der Waals surface area contributed by atoms with Gasteiger partial charge in [-0.3, -0.25) is 19.4 Å². The summed E-state index contributed by atoms with van der Waals surface area (Å²) in [6.07, 6.45) is 5.37.